The van der Waals surface area contributed by atoms with Crippen LogP contribution in [0.4, 0.5) is 5.69 Å². The zero-order valence-electron chi connectivity index (χ0n) is 13.7. The van der Waals surface area contributed by atoms with Crippen LogP contribution in [0.25, 0.3) is 0 Å². The molecule has 1 N–H and O–H groups in total. The molecule has 0 radical (unpaired) electrons. The Balaban J connectivity index is 1.68. The standard InChI is InChI=1S/C18H21NO3S2/c1-24(21,22)12-13-7-9-15(10-8-13)19-18(20)17-11-14-5-3-2-4-6-16(14)23-17/h7-11H,2-6,12H2,1H3,(H,19,20). The molecule has 0 unspecified atom stereocenters. The van der Waals surface area contributed by atoms with Crippen molar-refractivity contribution in [1.29, 1.82) is 0 Å². The van der Waals surface area contributed by atoms with E-state index in [1.54, 1.807) is 35.6 Å². The number of nitrogens with one attached hydrogen (secondary N) is 1. The third-order valence-electron chi connectivity index (χ3n) is 4.11. The maximum Gasteiger partial charge on any atom is 0.265 e. The highest BCUT2D eigenvalue weighted by molar-refractivity contribution is 7.89. The smallest absolute Gasteiger partial charge is 0.265 e. The maximum atomic E-state index is 12.4. The van der Waals surface area contributed by atoms with Crippen LogP contribution in [-0.4, -0.2) is 20.6 Å². The number of amides is 1. The number of thiophene rings is 1. The van der Waals surface area contributed by atoms with Gasteiger partial charge in [-0.2, -0.15) is 0 Å². The van der Waals surface area contributed by atoms with Crippen LogP contribution in [0.5, 0.6) is 0 Å². The molecule has 0 saturated heterocycles. The van der Waals surface area contributed by atoms with E-state index in [2.05, 4.69) is 5.32 Å². The Labute approximate surface area is 146 Å². The van der Waals surface area contributed by atoms with E-state index in [4.69, 9.17) is 0 Å². The van der Waals surface area contributed by atoms with Gasteiger partial charge in [-0.1, -0.05) is 18.6 Å². The van der Waals surface area contributed by atoms with Crippen LogP contribution < -0.4 is 5.32 Å². The van der Waals surface area contributed by atoms with Crippen LogP contribution in [0.1, 0.15) is 44.9 Å². The van der Waals surface area contributed by atoms with E-state index in [0.29, 0.717) is 5.69 Å². The number of benzene rings is 1. The number of hydrogen-bond donors (Lipinski definition) is 1. The normalized spacial score (nSPS) is 14.7. The van der Waals surface area contributed by atoms with E-state index >= 15 is 0 Å². The van der Waals surface area contributed by atoms with Crippen molar-refractivity contribution < 1.29 is 13.2 Å². The number of aryl methyl sites for hydroxylation is 2. The Bertz CT molecular complexity index is 812. The number of fused-ring (bicyclic) bond motifs is 1. The molecule has 1 aromatic heterocycles. The van der Waals surface area contributed by atoms with Gasteiger partial charge in [-0.15, -0.1) is 11.3 Å². The quantitative estimate of drug-likeness (QED) is 0.840. The molecule has 1 aliphatic rings. The van der Waals surface area contributed by atoms with E-state index in [1.165, 1.54) is 36.0 Å². The summed E-state index contributed by atoms with van der Waals surface area (Å²) in [7, 11) is -3.05. The molecule has 0 bridgehead atoms. The molecule has 1 amide bonds. The van der Waals surface area contributed by atoms with Crippen LogP contribution in [0.3, 0.4) is 0 Å². The second-order valence-corrected chi connectivity index (χ2v) is 9.62. The minimum absolute atomic E-state index is 0.0128. The molecule has 3 rings (SSSR count). The van der Waals surface area contributed by atoms with E-state index in [0.717, 1.165) is 23.3 Å². The first-order valence-corrected chi connectivity index (χ1v) is 11.0. The summed E-state index contributed by atoms with van der Waals surface area (Å²) in [6, 6.07) is 8.99. The first-order valence-electron chi connectivity index (χ1n) is 8.10. The number of anilines is 1. The van der Waals surface area contributed by atoms with Gasteiger partial charge in [-0.3, -0.25) is 4.79 Å². The lowest BCUT2D eigenvalue weighted by molar-refractivity contribution is 0.103. The lowest BCUT2D eigenvalue weighted by atomic mass is 10.1. The van der Waals surface area contributed by atoms with Crippen molar-refractivity contribution in [2.24, 2.45) is 0 Å². The minimum Gasteiger partial charge on any atom is -0.321 e. The van der Waals surface area contributed by atoms with Gasteiger partial charge < -0.3 is 5.32 Å². The lowest BCUT2D eigenvalue weighted by Gasteiger charge is -2.05. The van der Waals surface area contributed by atoms with Crippen molar-refractivity contribution in [3.05, 3.63) is 51.2 Å². The number of carbonyl (C=O) groups is 1. The van der Waals surface area contributed by atoms with Gasteiger partial charge in [-0.05, 0) is 55.0 Å². The molecule has 6 heteroatoms. The van der Waals surface area contributed by atoms with E-state index in [9.17, 15) is 13.2 Å². The van der Waals surface area contributed by atoms with Gasteiger partial charge in [0.1, 0.15) is 0 Å². The number of rotatable bonds is 4. The van der Waals surface area contributed by atoms with Gasteiger partial charge in [-0.25, -0.2) is 8.42 Å². The summed E-state index contributed by atoms with van der Waals surface area (Å²) in [5.41, 5.74) is 2.73. The summed E-state index contributed by atoms with van der Waals surface area (Å²) in [5, 5.41) is 2.90. The first kappa shape index (κ1) is 17.2. The average Bonchev–Trinajstić information content (AvgIpc) is 2.79. The Morgan fingerprint density at radius 1 is 1.12 bits per heavy atom. The highest BCUT2D eigenvalue weighted by Gasteiger charge is 2.16. The fourth-order valence-corrected chi connectivity index (χ4v) is 4.91. The van der Waals surface area contributed by atoms with Crippen molar-refractivity contribution in [3.8, 4) is 0 Å². The Morgan fingerprint density at radius 3 is 2.54 bits per heavy atom. The molecule has 1 aliphatic carbocycles. The molecule has 24 heavy (non-hydrogen) atoms. The Hall–Kier alpha value is -1.66. The summed E-state index contributed by atoms with van der Waals surface area (Å²) in [6.07, 6.45) is 7.03. The van der Waals surface area contributed by atoms with Gasteiger partial charge >= 0.3 is 0 Å². The third kappa shape index (κ3) is 4.45. The summed E-state index contributed by atoms with van der Waals surface area (Å²) in [6.45, 7) is 0. The van der Waals surface area contributed by atoms with Gasteiger partial charge in [0.2, 0.25) is 0 Å². The molecular formula is C18H21NO3S2. The van der Waals surface area contributed by atoms with Gasteiger partial charge in [0, 0.05) is 16.8 Å². The molecule has 0 aliphatic heterocycles. The third-order valence-corrected chi connectivity index (χ3v) is 6.20. The highest BCUT2D eigenvalue weighted by Crippen LogP contribution is 2.29. The summed E-state index contributed by atoms with van der Waals surface area (Å²) in [5.74, 6) is -0.0808. The van der Waals surface area contributed by atoms with Crippen LogP contribution >= 0.6 is 11.3 Å². The molecule has 128 valence electrons. The zero-order valence-corrected chi connectivity index (χ0v) is 15.3. The molecule has 0 fully saturated rings. The topological polar surface area (TPSA) is 63.2 Å². The lowest BCUT2D eigenvalue weighted by Crippen LogP contribution is -2.10. The van der Waals surface area contributed by atoms with E-state index < -0.39 is 9.84 Å². The number of sulfone groups is 1. The maximum absolute atomic E-state index is 12.4. The van der Waals surface area contributed by atoms with Crippen molar-refractivity contribution in [3.63, 3.8) is 0 Å². The van der Waals surface area contributed by atoms with Gasteiger partial charge in [0.15, 0.2) is 9.84 Å². The van der Waals surface area contributed by atoms with Crippen LogP contribution in [0, 0.1) is 0 Å². The fraction of sp³-hybridized carbons (Fsp3) is 0.389. The number of hydrogen-bond acceptors (Lipinski definition) is 4. The zero-order chi connectivity index (χ0) is 17.2. The largest absolute Gasteiger partial charge is 0.321 e. The fourth-order valence-electron chi connectivity index (χ4n) is 2.96. The van der Waals surface area contributed by atoms with E-state index in [1.807, 2.05) is 6.07 Å². The average molecular weight is 364 g/mol. The minimum atomic E-state index is -3.05. The Kier molecular flexibility index (Phi) is 5.06. The monoisotopic (exact) mass is 363 g/mol. The summed E-state index contributed by atoms with van der Waals surface area (Å²) in [4.78, 5) is 14.5. The molecule has 1 heterocycles. The van der Waals surface area contributed by atoms with Crippen molar-refractivity contribution in [1.82, 2.24) is 0 Å². The van der Waals surface area contributed by atoms with Crippen LogP contribution in [0.2, 0.25) is 0 Å². The van der Waals surface area contributed by atoms with Crippen molar-refractivity contribution in [2.75, 3.05) is 11.6 Å². The van der Waals surface area contributed by atoms with Crippen LogP contribution in [-0.2, 0) is 28.4 Å². The highest BCUT2D eigenvalue weighted by atomic mass is 32.2. The molecule has 0 spiro atoms. The molecule has 0 atom stereocenters. The number of carbonyl (C=O) groups excluding carboxylic acids is 1. The van der Waals surface area contributed by atoms with Crippen molar-refractivity contribution in [2.45, 2.75) is 37.9 Å². The predicted octanol–water partition coefficient (Wildman–Crippen LogP) is 3.81. The molecular weight excluding hydrogens is 342 g/mol. The van der Waals surface area contributed by atoms with Crippen molar-refractivity contribution >= 4 is 32.8 Å². The first-order chi connectivity index (χ1) is 11.4. The van der Waals surface area contributed by atoms with Crippen LogP contribution in [0.15, 0.2) is 30.3 Å². The second kappa shape index (κ2) is 7.07. The molecule has 2 aromatic rings. The summed E-state index contributed by atoms with van der Waals surface area (Å²) < 4.78 is 22.6. The predicted molar refractivity (Wildman–Crippen MR) is 98.5 cm³/mol. The second-order valence-electron chi connectivity index (χ2n) is 6.34. The summed E-state index contributed by atoms with van der Waals surface area (Å²) >= 11 is 1.60. The molecule has 0 saturated carbocycles. The van der Waals surface area contributed by atoms with E-state index in [-0.39, 0.29) is 11.7 Å². The van der Waals surface area contributed by atoms with Gasteiger partial charge in [0.25, 0.3) is 5.91 Å². The Morgan fingerprint density at radius 2 is 1.83 bits per heavy atom. The molecule has 1 aromatic carbocycles. The molecule has 4 nitrogen and oxygen atoms in total. The SMILES string of the molecule is CS(=O)(=O)Cc1ccc(NC(=O)c2cc3c(s2)CCCCC3)cc1. The van der Waals surface area contributed by atoms with Gasteiger partial charge in [0.05, 0.1) is 10.6 Å².